The molecule has 0 radical (unpaired) electrons. The van der Waals surface area contributed by atoms with Gasteiger partial charge in [0.05, 0.1) is 12.7 Å². The Kier molecular flexibility index (Phi) is 4.95. The Balaban J connectivity index is 1.63. The molecule has 2 N–H and O–H groups in total. The van der Waals surface area contributed by atoms with Crippen molar-refractivity contribution >= 4 is 22.4 Å². The Morgan fingerprint density at radius 1 is 1.50 bits per heavy atom. The third-order valence-corrected chi connectivity index (χ3v) is 3.81. The van der Waals surface area contributed by atoms with E-state index in [1.807, 2.05) is 0 Å². The third-order valence-electron chi connectivity index (χ3n) is 3.01. The van der Waals surface area contributed by atoms with E-state index in [9.17, 15) is 4.79 Å². The van der Waals surface area contributed by atoms with Crippen LogP contribution in [0.4, 0.5) is 5.13 Å². The van der Waals surface area contributed by atoms with E-state index in [-0.39, 0.29) is 5.69 Å². The molecular formula is C12H18N2O3S. The molecule has 18 heavy (non-hydrogen) atoms. The molecule has 1 saturated carbocycles. The molecule has 1 fully saturated rings. The molecule has 0 aliphatic heterocycles. The summed E-state index contributed by atoms with van der Waals surface area (Å²) in [6.45, 7) is 1.32. The number of carboxylic acid groups (broad SMARTS) is 1. The van der Waals surface area contributed by atoms with Crippen molar-refractivity contribution in [2.24, 2.45) is 0 Å². The van der Waals surface area contributed by atoms with Crippen LogP contribution in [0.25, 0.3) is 0 Å². The zero-order valence-corrected chi connectivity index (χ0v) is 11.0. The number of ether oxygens (including phenoxy) is 1. The first kappa shape index (κ1) is 13.3. The standard InChI is InChI=1S/C12H18N2O3S/c15-11(16)10-8-18-12(14-10)13-6-7-17-9-4-2-1-3-5-9/h8-9H,1-7H2,(H,13,14)(H,15,16). The highest BCUT2D eigenvalue weighted by molar-refractivity contribution is 7.13. The van der Waals surface area contributed by atoms with Gasteiger partial charge in [-0.05, 0) is 12.8 Å². The third kappa shape index (κ3) is 3.96. The normalized spacial score (nSPS) is 16.7. The molecule has 0 bridgehead atoms. The van der Waals surface area contributed by atoms with Gasteiger partial charge >= 0.3 is 5.97 Å². The Hall–Kier alpha value is -1.14. The van der Waals surface area contributed by atoms with Gasteiger partial charge in [-0.15, -0.1) is 11.3 Å². The van der Waals surface area contributed by atoms with Crippen molar-refractivity contribution in [3.05, 3.63) is 11.1 Å². The minimum atomic E-state index is -0.988. The summed E-state index contributed by atoms with van der Waals surface area (Å²) in [5.41, 5.74) is 0.0932. The van der Waals surface area contributed by atoms with E-state index in [0.717, 1.165) is 0 Å². The fourth-order valence-corrected chi connectivity index (χ4v) is 2.78. The van der Waals surface area contributed by atoms with E-state index in [0.29, 0.717) is 24.4 Å². The van der Waals surface area contributed by atoms with E-state index in [1.54, 1.807) is 0 Å². The van der Waals surface area contributed by atoms with E-state index < -0.39 is 5.97 Å². The molecule has 1 aromatic heterocycles. The maximum Gasteiger partial charge on any atom is 0.355 e. The van der Waals surface area contributed by atoms with Gasteiger partial charge in [-0.2, -0.15) is 0 Å². The minimum absolute atomic E-state index is 0.0932. The van der Waals surface area contributed by atoms with Crippen LogP contribution in [0.3, 0.4) is 0 Å². The second-order valence-electron chi connectivity index (χ2n) is 4.40. The molecule has 0 saturated heterocycles. The topological polar surface area (TPSA) is 71.5 Å². The molecule has 0 aromatic carbocycles. The van der Waals surface area contributed by atoms with Crippen LogP contribution in [0.5, 0.6) is 0 Å². The van der Waals surface area contributed by atoms with Crippen LogP contribution < -0.4 is 5.32 Å². The van der Waals surface area contributed by atoms with Crippen molar-refractivity contribution in [1.29, 1.82) is 0 Å². The summed E-state index contributed by atoms with van der Waals surface area (Å²) in [5, 5.41) is 14.0. The number of carbonyl (C=O) groups is 1. The van der Waals surface area contributed by atoms with Crippen molar-refractivity contribution in [1.82, 2.24) is 4.98 Å². The van der Waals surface area contributed by atoms with Crippen molar-refractivity contribution in [2.75, 3.05) is 18.5 Å². The van der Waals surface area contributed by atoms with Crippen molar-refractivity contribution in [3.63, 3.8) is 0 Å². The highest BCUT2D eigenvalue weighted by Crippen LogP contribution is 2.20. The molecule has 0 atom stereocenters. The SMILES string of the molecule is O=C(O)c1csc(NCCOC2CCCCC2)n1. The number of nitrogens with zero attached hydrogens (tertiary/aromatic N) is 1. The van der Waals surface area contributed by atoms with Crippen LogP contribution in [-0.2, 0) is 4.74 Å². The number of rotatable bonds is 6. The predicted octanol–water partition coefficient (Wildman–Crippen LogP) is 2.60. The number of thiazole rings is 1. The average molecular weight is 270 g/mol. The monoisotopic (exact) mass is 270 g/mol. The first-order valence-corrected chi connectivity index (χ1v) is 7.18. The molecule has 6 heteroatoms. The van der Waals surface area contributed by atoms with Gasteiger partial charge in [0.25, 0.3) is 0 Å². The van der Waals surface area contributed by atoms with Crippen molar-refractivity contribution in [2.45, 2.75) is 38.2 Å². The molecule has 1 aliphatic carbocycles. The van der Waals surface area contributed by atoms with Gasteiger partial charge in [0, 0.05) is 11.9 Å². The fourth-order valence-electron chi connectivity index (χ4n) is 2.07. The molecular weight excluding hydrogens is 252 g/mol. The van der Waals surface area contributed by atoms with Gasteiger partial charge < -0.3 is 15.2 Å². The first-order valence-electron chi connectivity index (χ1n) is 6.30. The van der Waals surface area contributed by atoms with E-state index in [1.165, 1.54) is 48.8 Å². The summed E-state index contributed by atoms with van der Waals surface area (Å²) in [6.07, 6.45) is 6.61. The number of nitrogens with one attached hydrogen (secondary N) is 1. The number of hydrogen-bond acceptors (Lipinski definition) is 5. The van der Waals surface area contributed by atoms with Crippen LogP contribution >= 0.6 is 11.3 Å². The van der Waals surface area contributed by atoms with Gasteiger partial charge in [0.1, 0.15) is 0 Å². The summed E-state index contributed by atoms with van der Waals surface area (Å²) in [7, 11) is 0. The lowest BCUT2D eigenvalue weighted by Gasteiger charge is -2.21. The second kappa shape index (κ2) is 6.70. The fraction of sp³-hybridized carbons (Fsp3) is 0.667. The highest BCUT2D eigenvalue weighted by atomic mass is 32.1. The lowest BCUT2D eigenvalue weighted by molar-refractivity contribution is 0.0347. The minimum Gasteiger partial charge on any atom is -0.476 e. The molecule has 1 aromatic rings. The van der Waals surface area contributed by atoms with Crippen molar-refractivity contribution in [3.8, 4) is 0 Å². The van der Waals surface area contributed by atoms with Gasteiger partial charge in [-0.3, -0.25) is 0 Å². The van der Waals surface area contributed by atoms with Gasteiger partial charge in [-0.25, -0.2) is 9.78 Å². The summed E-state index contributed by atoms with van der Waals surface area (Å²) in [5.74, 6) is -0.988. The van der Waals surface area contributed by atoms with Crippen molar-refractivity contribution < 1.29 is 14.6 Å². The average Bonchev–Trinajstić information content (AvgIpc) is 2.85. The predicted molar refractivity (Wildman–Crippen MR) is 70.4 cm³/mol. The smallest absolute Gasteiger partial charge is 0.355 e. The Morgan fingerprint density at radius 3 is 2.94 bits per heavy atom. The van der Waals surface area contributed by atoms with E-state index >= 15 is 0 Å². The van der Waals surface area contributed by atoms with Crippen LogP contribution in [0, 0.1) is 0 Å². The molecule has 2 rings (SSSR count). The number of carboxylic acids is 1. The summed E-state index contributed by atoms with van der Waals surface area (Å²) in [4.78, 5) is 14.6. The number of anilines is 1. The maximum absolute atomic E-state index is 10.6. The number of hydrogen-bond donors (Lipinski definition) is 2. The molecule has 0 amide bonds. The quantitative estimate of drug-likeness (QED) is 0.777. The molecule has 100 valence electrons. The Bertz CT molecular complexity index is 388. The zero-order valence-electron chi connectivity index (χ0n) is 10.2. The lowest BCUT2D eigenvalue weighted by Crippen LogP contribution is -2.20. The Labute approximate surface area is 110 Å². The van der Waals surface area contributed by atoms with E-state index in [2.05, 4.69) is 10.3 Å². The first-order chi connectivity index (χ1) is 8.75. The van der Waals surface area contributed by atoms with E-state index in [4.69, 9.17) is 9.84 Å². The summed E-state index contributed by atoms with van der Waals surface area (Å²) < 4.78 is 5.76. The largest absolute Gasteiger partial charge is 0.476 e. The van der Waals surface area contributed by atoms with Gasteiger partial charge in [-0.1, -0.05) is 19.3 Å². The maximum atomic E-state index is 10.6. The van der Waals surface area contributed by atoms with Crippen LogP contribution in [0.15, 0.2) is 5.38 Å². The van der Waals surface area contributed by atoms with Crippen LogP contribution in [0.1, 0.15) is 42.6 Å². The molecule has 0 spiro atoms. The summed E-state index contributed by atoms with van der Waals surface area (Å²) in [6, 6.07) is 0. The molecule has 1 heterocycles. The summed E-state index contributed by atoms with van der Waals surface area (Å²) >= 11 is 1.31. The molecule has 0 unspecified atom stereocenters. The molecule has 1 aliphatic rings. The zero-order chi connectivity index (χ0) is 12.8. The lowest BCUT2D eigenvalue weighted by atomic mass is 9.98. The van der Waals surface area contributed by atoms with Gasteiger partial charge in [0.15, 0.2) is 10.8 Å². The number of aromatic carboxylic acids is 1. The molecule has 5 nitrogen and oxygen atoms in total. The Morgan fingerprint density at radius 2 is 2.28 bits per heavy atom. The van der Waals surface area contributed by atoms with Crippen LogP contribution in [-0.4, -0.2) is 35.3 Å². The van der Waals surface area contributed by atoms with Gasteiger partial charge in [0.2, 0.25) is 0 Å². The van der Waals surface area contributed by atoms with Crippen LogP contribution in [0.2, 0.25) is 0 Å². The number of aromatic nitrogens is 1. The second-order valence-corrected chi connectivity index (χ2v) is 5.26. The highest BCUT2D eigenvalue weighted by Gasteiger charge is 2.13.